The van der Waals surface area contributed by atoms with E-state index in [1.165, 1.54) is 11.8 Å². The van der Waals surface area contributed by atoms with Crippen molar-refractivity contribution in [1.82, 2.24) is 4.90 Å². The van der Waals surface area contributed by atoms with Gasteiger partial charge in [0.15, 0.2) is 0 Å². The third kappa shape index (κ3) is 4.71. The predicted octanol–water partition coefficient (Wildman–Crippen LogP) is 1.17. The second kappa shape index (κ2) is 7.26. The summed E-state index contributed by atoms with van der Waals surface area (Å²) in [4.78, 5) is 23.2. The Morgan fingerprint density at radius 1 is 1.35 bits per heavy atom. The Hall–Kier alpha value is -2.39. The molecule has 0 aromatic heterocycles. The van der Waals surface area contributed by atoms with Crippen LogP contribution in [0.1, 0.15) is 18.1 Å². The molecule has 2 N–H and O–H groups in total. The molecule has 1 unspecified atom stereocenters. The minimum absolute atomic E-state index is 0.112. The van der Waals surface area contributed by atoms with E-state index in [1.54, 1.807) is 24.3 Å². The van der Waals surface area contributed by atoms with Gasteiger partial charge in [-0.15, -0.1) is 0 Å². The van der Waals surface area contributed by atoms with Gasteiger partial charge < -0.3 is 10.2 Å². The number of aliphatic carboxylic acids is 2. The Morgan fingerprint density at radius 3 is 2.55 bits per heavy atom. The molecule has 0 amide bonds. The van der Waals surface area contributed by atoms with Gasteiger partial charge in [-0.3, -0.25) is 14.5 Å². The van der Waals surface area contributed by atoms with Crippen molar-refractivity contribution in [2.75, 3.05) is 13.1 Å². The zero-order valence-electron chi connectivity index (χ0n) is 11.1. The van der Waals surface area contributed by atoms with E-state index >= 15 is 0 Å². The third-order valence-electron chi connectivity index (χ3n) is 2.84. The fraction of sp³-hybridized carbons (Fsp3) is 0.357. The SMILES string of the molecule is CC(CN(CC(=O)O)Cc1ccccc1C#N)C(=O)O. The summed E-state index contributed by atoms with van der Waals surface area (Å²) >= 11 is 0. The Balaban J connectivity index is 2.86. The summed E-state index contributed by atoms with van der Waals surface area (Å²) in [7, 11) is 0. The summed E-state index contributed by atoms with van der Waals surface area (Å²) in [5.74, 6) is -2.69. The highest BCUT2D eigenvalue weighted by atomic mass is 16.4. The maximum atomic E-state index is 10.9. The molecule has 1 aromatic rings. The summed E-state index contributed by atoms with van der Waals surface area (Å²) in [5, 5.41) is 26.8. The van der Waals surface area contributed by atoms with Crippen LogP contribution < -0.4 is 0 Å². The van der Waals surface area contributed by atoms with Gasteiger partial charge in [-0.25, -0.2) is 0 Å². The van der Waals surface area contributed by atoms with E-state index in [2.05, 4.69) is 0 Å². The molecule has 1 aromatic carbocycles. The normalized spacial score (nSPS) is 11.8. The number of hydrogen-bond acceptors (Lipinski definition) is 4. The summed E-state index contributed by atoms with van der Waals surface area (Å²) in [6, 6.07) is 8.91. The summed E-state index contributed by atoms with van der Waals surface area (Å²) in [5.41, 5.74) is 1.15. The van der Waals surface area contributed by atoms with E-state index in [9.17, 15) is 9.59 Å². The van der Waals surface area contributed by atoms with Gasteiger partial charge >= 0.3 is 11.9 Å². The van der Waals surface area contributed by atoms with Gasteiger partial charge in [0, 0.05) is 13.1 Å². The van der Waals surface area contributed by atoms with E-state index < -0.39 is 17.9 Å². The number of benzene rings is 1. The molecule has 0 radical (unpaired) electrons. The van der Waals surface area contributed by atoms with Crippen LogP contribution in [0.3, 0.4) is 0 Å². The molecular weight excluding hydrogens is 260 g/mol. The number of carboxylic acids is 2. The Labute approximate surface area is 116 Å². The van der Waals surface area contributed by atoms with Gasteiger partial charge in [0.25, 0.3) is 0 Å². The Morgan fingerprint density at radius 2 is 2.00 bits per heavy atom. The minimum atomic E-state index is -1.03. The number of hydrogen-bond donors (Lipinski definition) is 2. The molecule has 0 heterocycles. The van der Waals surface area contributed by atoms with E-state index in [4.69, 9.17) is 15.5 Å². The molecule has 106 valence electrons. The van der Waals surface area contributed by atoms with Crippen LogP contribution in [0.2, 0.25) is 0 Å². The number of carbonyl (C=O) groups is 2. The second-order valence-corrected chi connectivity index (χ2v) is 4.57. The summed E-state index contributed by atoms with van der Waals surface area (Å²) < 4.78 is 0. The Bertz CT molecular complexity index is 536. The smallest absolute Gasteiger partial charge is 0.317 e. The molecule has 6 nitrogen and oxygen atoms in total. The van der Waals surface area contributed by atoms with E-state index in [0.29, 0.717) is 11.1 Å². The van der Waals surface area contributed by atoms with Crippen LogP contribution in [-0.2, 0) is 16.1 Å². The molecule has 0 spiro atoms. The second-order valence-electron chi connectivity index (χ2n) is 4.57. The van der Waals surface area contributed by atoms with Crippen molar-refractivity contribution >= 4 is 11.9 Å². The van der Waals surface area contributed by atoms with Crippen LogP contribution >= 0.6 is 0 Å². The van der Waals surface area contributed by atoms with Crippen molar-refractivity contribution in [3.63, 3.8) is 0 Å². The summed E-state index contributed by atoms with van der Waals surface area (Å²) in [6.07, 6.45) is 0. The topological polar surface area (TPSA) is 102 Å². The van der Waals surface area contributed by atoms with Crippen molar-refractivity contribution in [2.45, 2.75) is 13.5 Å². The average molecular weight is 276 g/mol. The molecule has 0 bridgehead atoms. The van der Waals surface area contributed by atoms with Crippen molar-refractivity contribution in [1.29, 1.82) is 5.26 Å². The maximum Gasteiger partial charge on any atom is 0.317 e. The molecule has 0 fully saturated rings. The van der Waals surface area contributed by atoms with E-state index in [0.717, 1.165) is 0 Å². The molecule has 0 saturated heterocycles. The standard InChI is InChI=1S/C14H16N2O4/c1-10(14(19)20)7-16(9-13(17)18)8-12-5-3-2-4-11(12)6-15/h2-5,10H,7-9H2,1H3,(H,17,18)(H,19,20). The molecule has 0 saturated carbocycles. The number of nitriles is 1. The van der Waals surface area contributed by atoms with Gasteiger partial charge in [-0.2, -0.15) is 5.26 Å². The number of nitrogens with zero attached hydrogens (tertiary/aromatic N) is 2. The van der Waals surface area contributed by atoms with Crippen LogP contribution in [0.25, 0.3) is 0 Å². The first-order valence-electron chi connectivity index (χ1n) is 6.09. The largest absolute Gasteiger partial charge is 0.481 e. The van der Waals surface area contributed by atoms with Crippen molar-refractivity contribution in [3.8, 4) is 6.07 Å². The first-order valence-corrected chi connectivity index (χ1v) is 6.09. The Kier molecular flexibility index (Phi) is 5.69. The summed E-state index contributed by atoms with van der Waals surface area (Å²) in [6.45, 7) is 1.60. The number of rotatable bonds is 7. The van der Waals surface area contributed by atoms with Crippen LogP contribution in [0, 0.1) is 17.2 Å². The molecule has 0 aliphatic rings. The minimum Gasteiger partial charge on any atom is -0.481 e. The predicted molar refractivity (Wildman–Crippen MR) is 70.9 cm³/mol. The van der Waals surface area contributed by atoms with Crippen LogP contribution in [0.4, 0.5) is 0 Å². The highest BCUT2D eigenvalue weighted by Crippen LogP contribution is 2.12. The lowest BCUT2D eigenvalue weighted by atomic mass is 10.1. The third-order valence-corrected chi connectivity index (χ3v) is 2.84. The highest BCUT2D eigenvalue weighted by molar-refractivity contribution is 5.71. The monoisotopic (exact) mass is 276 g/mol. The molecule has 6 heteroatoms. The molecular formula is C14H16N2O4. The first-order chi connectivity index (χ1) is 9.43. The number of carboxylic acid groups (broad SMARTS) is 2. The van der Waals surface area contributed by atoms with Crippen molar-refractivity contribution in [2.24, 2.45) is 5.92 Å². The lowest BCUT2D eigenvalue weighted by Gasteiger charge is -2.22. The van der Waals surface area contributed by atoms with E-state index in [1.807, 2.05) is 6.07 Å². The highest BCUT2D eigenvalue weighted by Gasteiger charge is 2.19. The van der Waals surface area contributed by atoms with E-state index in [-0.39, 0.29) is 19.6 Å². The van der Waals surface area contributed by atoms with Gasteiger partial charge in [-0.1, -0.05) is 25.1 Å². The van der Waals surface area contributed by atoms with Crippen molar-refractivity contribution in [3.05, 3.63) is 35.4 Å². The molecule has 1 atom stereocenters. The van der Waals surface area contributed by atoms with Crippen LogP contribution in [0.15, 0.2) is 24.3 Å². The van der Waals surface area contributed by atoms with Crippen molar-refractivity contribution < 1.29 is 19.8 Å². The van der Waals surface area contributed by atoms with Gasteiger partial charge in [0.05, 0.1) is 24.1 Å². The zero-order chi connectivity index (χ0) is 15.1. The lowest BCUT2D eigenvalue weighted by molar-refractivity contribution is -0.144. The van der Waals surface area contributed by atoms with Crippen LogP contribution in [0.5, 0.6) is 0 Å². The van der Waals surface area contributed by atoms with Gasteiger partial charge in [0.2, 0.25) is 0 Å². The fourth-order valence-corrected chi connectivity index (χ4v) is 1.85. The van der Waals surface area contributed by atoms with Crippen LogP contribution in [-0.4, -0.2) is 40.1 Å². The molecule has 1 rings (SSSR count). The lowest BCUT2D eigenvalue weighted by Crippen LogP contribution is -2.35. The molecule has 0 aliphatic carbocycles. The fourth-order valence-electron chi connectivity index (χ4n) is 1.85. The average Bonchev–Trinajstić information content (AvgIpc) is 2.38. The molecule has 20 heavy (non-hydrogen) atoms. The first kappa shape index (κ1) is 15.7. The maximum absolute atomic E-state index is 10.9. The van der Waals surface area contributed by atoms with Gasteiger partial charge in [-0.05, 0) is 11.6 Å². The quantitative estimate of drug-likeness (QED) is 0.775. The van der Waals surface area contributed by atoms with Gasteiger partial charge in [0.1, 0.15) is 0 Å². The zero-order valence-corrected chi connectivity index (χ0v) is 11.1. The molecule has 0 aliphatic heterocycles.